The van der Waals surface area contributed by atoms with Gasteiger partial charge in [-0.3, -0.25) is 0 Å². The highest BCUT2D eigenvalue weighted by molar-refractivity contribution is 5.61. The van der Waals surface area contributed by atoms with Crippen molar-refractivity contribution in [3.8, 4) is 5.75 Å². The highest BCUT2D eigenvalue weighted by Gasteiger charge is 2.30. The summed E-state index contributed by atoms with van der Waals surface area (Å²) in [6.07, 6.45) is 3.88. The molecule has 0 heterocycles. The van der Waals surface area contributed by atoms with Crippen molar-refractivity contribution >= 4 is 11.4 Å². The number of nitrogens with one attached hydrogen (secondary N) is 1. The average Bonchev–Trinajstić information content (AvgIpc) is 2.62. The van der Waals surface area contributed by atoms with Crippen molar-refractivity contribution in [2.45, 2.75) is 59.1 Å². The summed E-state index contributed by atoms with van der Waals surface area (Å²) in [6, 6.07) is 6.53. The maximum absolute atomic E-state index is 5.94. The molecule has 1 aromatic carbocycles. The van der Waals surface area contributed by atoms with Gasteiger partial charge in [-0.2, -0.15) is 0 Å². The van der Waals surface area contributed by atoms with Gasteiger partial charge >= 0.3 is 0 Å². The maximum atomic E-state index is 5.94. The van der Waals surface area contributed by atoms with Crippen LogP contribution in [0.2, 0.25) is 0 Å². The fourth-order valence-corrected chi connectivity index (χ4v) is 2.78. The summed E-state index contributed by atoms with van der Waals surface area (Å²) in [5.41, 5.74) is 8.20. The molecule has 1 atom stereocenters. The number of anilines is 2. The Morgan fingerprint density at radius 2 is 2.11 bits per heavy atom. The molecule has 0 amide bonds. The zero-order chi connectivity index (χ0) is 14.0. The molecular weight excluding hydrogens is 236 g/mol. The monoisotopic (exact) mass is 262 g/mol. The van der Waals surface area contributed by atoms with Gasteiger partial charge in [0.1, 0.15) is 5.75 Å². The quantitative estimate of drug-likeness (QED) is 0.805. The predicted molar refractivity (Wildman–Crippen MR) is 81.7 cm³/mol. The summed E-state index contributed by atoms with van der Waals surface area (Å²) in [5.74, 6) is 0.775. The first-order chi connectivity index (χ1) is 8.85. The standard InChI is InChI=1S/C16H26N2O/c1-11(2)19-15-9-12(5-6-14(15)17)18-13-7-8-16(3,4)10-13/h5-6,9,11,13,18H,7-8,10,17H2,1-4H3. The number of rotatable bonds is 4. The first kappa shape index (κ1) is 14.0. The average molecular weight is 262 g/mol. The summed E-state index contributed by atoms with van der Waals surface area (Å²) in [5, 5.41) is 3.60. The van der Waals surface area contributed by atoms with E-state index in [0.717, 1.165) is 11.4 Å². The number of hydrogen-bond donors (Lipinski definition) is 2. The van der Waals surface area contributed by atoms with Crippen LogP contribution in [-0.2, 0) is 0 Å². The molecule has 106 valence electrons. The van der Waals surface area contributed by atoms with Crippen LogP contribution < -0.4 is 15.8 Å². The van der Waals surface area contributed by atoms with E-state index in [2.05, 4.69) is 19.2 Å². The number of benzene rings is 1. The molecule has 1 fully saturated rings. The zero-order valence-electron chi connectivity index (χ0n) is 12.5. The number of nitrogen functional groups attached to an aromatic ring is 1. The van der Waals surface area contributed by atoms with E-state index in [0.29, 0.717) is 17.1 Å². The van der Waals surface area contributed by atoms with Crippen LogP contribution in [0.25, 0.3) is 0 Å². The lowest BCUT2D eigenvalue weighted by Crippen LogP contribution is -2.17. The molecule has 0 bridgehead atoms. The van der Waals surface area contributed by atoms with Gasteiger partial charge in [-0.1, -0.05) is 13.8 Å². The van der Waals surface area contributed by atoms with Crippen LogP contribution in [0.1, 0.15) is 47.0 Å². The van der Waals surface area contributed by atoms with E-state index in [-0.39, 0.29) is 6.10 Å². The molecule has 0 aromatic heterocycles. The van der Waals surface area contributed by atoms with Gasteiger partial charge in [-0.05, 0) is 50.7 Å². The molecule has 0 aliphatic heterocycles. The third-order valence-electron chi connectivity index (χ3n) is 3.72. The predicted octanol–water partition coefficient (Wildman–Crippen LogP) is 4.05. The van der Waals surface area contributed by atoms with Crippen LogP contribution in [-0.4, -0.2) is 12.1 Å². The highest BCUT2D eigenvalue weighted by Crippen LogP contribution is 2.38. The smallest absolute Gasteiger partial charge is 0.144 e. The number of ether oxygens (including phenoxy) is 1. The van der Waals surface area contributed by atoms with Crippen molar-refractivity contribution in [2.24, 2.45) is 5.41 Å². The molecule has 1 saturated carbocycles. The van der Waals surface area contributed by atoms with Gasteiger partial charge in [0.2, 0.25) is 0 Å². The van der Waals surface area contributed by atoms with E-state index in [9.17, 15) is 0 Å². The molecule has 1 aliphatic carbocycles. The summed E-state index contributed by atoms with van der Waals surface area (Å²) >= 11 is 0. The van der Waals surface area contributed by atoms with Gasteiger partial charge in [0.05, 0.1) is 11.8 Å². The minimum atomic E-state index is 0.142. The van der Waals surface area contributed by atoms with E-state index in [1.54, 1.807) is 0 Å². The molecule has 3 N–H and O–H groups in total. The Morgan fingerprint density at radius 1 is 1.37 bits per heavy atom. The molecule has 19 heavy (non-hydrogen) atoms. The Kier molecular flexibility index (Phi) is 3.93. The largest absolute Gasteiger partial charge is 0.489 e. The molecule has 3 heteroatoms. The van der Waals surface area contributed by atoms with Crippen LogP contribution in [0, 0.1) is 5.41 Å². The van der Waals surface area contributed by atoms with Crippen LogP contribution in [0.3, 0.4) is 0 Å². The van der Waals surface area contributed by atoms with Crippen molar-refractivity contribution in [3.63, 3.8) is 0 Å². The van der Waals surface area contributed by atoms with E-state index in [1.165, 1.54) is 19.3 Å². The fraction of sp³-hybridized carbons (Fsp3) is 0.625. The highest BCUT2D eigenvalue weighted by atomic mass is 16.5. The van der Waals surface area contributed by atoms with E-state index >= 15 is 0 Å². The maximum Gasteiger partial charge on any atom is 0.144 e. The molecular formula is C16H26N2O. The fourth-order valence-electron chi connectivity index (χ4n) is 2.78. The van der Waals surface area contributed by atoms with Crippen LogP contribution in [0.15, 0.2) is 18.2 Å². The van der Waals surface area contributed by atoms with E-state index < -0.39 is 0 Å². The Hall–Kier alpha value is -1.38. The topological polar surface area (TPSA) is 47.3 Å². The minimum absolute atomic E-state index is 0.142. The second-order valence-corrected chi connectivity index (χ2v) is 6.67. The summed E-state index contributed by atoms with van der Waals surface area (Å²) in [4.78, 5) is 0. The van der Waals surface area contributed by atoms with Crippen LogP contribution >= 0.6 is 0 Å². The third-order valence-corrected chi connectivity index (χ3v) is 3.72. The first-order valence-corrected chi connectivity index (χ1v) is 7.18. The van der Waals surface area contributed by atoms with Gasteiger partial charge in [-0.25, -0.2) is 0 Å². The second-order valence-electron chi connectivity index (χ2n) is 6.67. The second kappa shape index (κ2) is 5.32. The normalized spacial score (nSPS) is 21.6. The molecule has 0 radical (unpaired) electrons. The lowest BCUT2D eigenvalue weighted by Gasteiger charge is -2.19. The molecule has 1 aromatic rings. The van der Waals surface area contributed by atoms with Crippen molar-refractivity contribution < 1.29 is 4.74 Å². The Labute approximate surface area is 116 Å². The molecule has 0 spiro atoms. The molecule has 2 rings (SSSR count). The van der Waals surface area contributed by atoms with Crippen molar-refractivity contribution in [3.05, 3.63) is 18.2 Å². The SMILES string of the molecule is CC(C)Oc1cc(NC2CCC(C)(C)C2)ccc1N. The lowest BCUT2D eigenvalue weighted by atomic mass is 9.92. The molecule has 0 saturated heterocycles. The van der Waals surface area contributed by atoms with Crippen molar-refractivity contribution in [1.82, 2.24) is 0 Å². The first-order valence-electron chi connectivity index (χ1n) is 7.18. The third kappa shape index (κ3) is 3.79. The van der Waals surface area contributed by atoms with Gasteiger partial charge in [0.25, 0.3) is 0 Å². The Morgan fingerprint density at radius 3 is 2.68 bits per heavy atom. The van der Waals surface area contributed by atoms with Gasteiger partial charge in [0, 0.05) is 17.8 Å². The lowest BCUT2D eigenvalue weighted by molar-refractivity contribution is 0.244. The number of hydrogen-bond acceptors (Lipinski definition) is 3. The van der Waals surface area contributed by atoms with Crippen molar-refractivity contribution in [1.29, 1.82) is 0 Å². The van der Waals surface area contributed by atoms with Crippen molar-refractivity contribution in [2.75, 3.05) is 11.1 Å². The zero-order valence-corrected chi connectivity index (χ0v) is 12.5. The van der Waals surface area contributed by atoms with Gasteiger partial charge in [0.15, 0.2) is 0 Å². The van der Waals surface area contributed by atoms with Crippen LogP contribution in [0.5, 0.6) is 5.75 Å². The van der Waals surface area contributed by atoms with Gasteiger partial charge in [-0.15, -0.1) is 0 Å². The summed E-state index contributed by atoms with van der Waals surface area (Å²) < 4.78 is 5.73. The molecule has 1 aliphatic rings. The van der Waals surface area contributed by atoms with E-state index in [4.69, 9.17) is 10.5 Å². The number of nitrogens with two attached hydrogens (primary N) is 1. The minimum Gasteiger partial charge on any atom is -0.489 e. The molecule has 1 unspecified atom stereocenters. The van der Waals surface area contributed by atoms with E-state index in [1.807, 2.05) is 32.0 Å². The summed E-state index contributed by atoms with van der Waals surface area (Å²) in [7, 11) is 0. The van der Waals surface area contributed by atoms with Crippen LogP contribution in [0.4, 0.5) is 11.4 Å². The Balaban J connectivity index is 2.05. The molecule has 3 nitrogen and oxygen atoms in total. The van der Waals surface area contributed by atoms with Gasteiger partial charge < -0.3 is 15.8 Å². The Bertz CT molecular complexity index is 440. The summed E-state index contributed by atoms with van der Waals surface area (Å²) in [6.45, 7) is 8.70.